The summed E-state index contributed by atoms with van der Waals surface area (Å²) >= 11 is 0. The maximum Gasteiger partial charge on any atom is 0.381 e. The van der Waals surface area contributed by atoms with E-state index < -0.39 is 11.0 Å². The summed E-state index contributed by atoms with van der Waals surface area (Å²) in [5.74, 6) is -0.198. The highest BCUT2D eigenvalue weighted by molar-refractivity contribution is 5.12. The Morgan fingerprint density at radius 3 is 3.00 bits per heavy atom. The number of imidazole rings is 1. The maximum atomic E-state index is 10.2. The highest BCUT2D eigenvalue weighted by Crippen LogP contribution is 2.05. The van der Waals surface area contributed by atoms with Gasteiger partial charge in [0.05, 0.1) is 12.6 Å². The van der Waals surface area contributed by atoms with Crippen molar-refractivity contribution in [3.63, 3.8) is 0 Å². The second-order valence-electron chi connectivity index (χ2n) is 2.53. The number of hydrogen-bond donors (Lipinski definition) is 1. The second-order valence-corrected chi connectivity index (χ2v) is 2.53. The lowest BCUT2D eigenvalue weighted by molar-refractivity contribution is -0.389. The average molecular weight is 171 g/mol. The van der Waals surface area contributed by atoms with Gasteiger partial charge in [-0.15, -0.1) is 0 Å². The Morgan fingerprint density at radius 2 is 2.58 bits per heavy atom. The molecule has 1 aromatic heterocycles. The molecular weight excluding hydrogens is 162 g/mol. The average Bonchev–Trinajstić information content (AvgIpc) is 2.34. The Kier molecular flexibility index (Phi) is 2.39. The first-order chi connectivity index (χ1) is 5.59. The van der Waals surface area contributed by atoms with Crippen molar-refractivity contribution in [3.8, 4) is 0 Å². The quantitative estimate of drug-likeness (QED) is 0.519. The highest BCUT2D eigenvalue weighted by Gasteiger charge is 2.10. The molecule has 1 rings (SSSR count). The number of aliphatic hydroxyl groups is 1. The van der Waals surface area contributed by atoms with Crippen LogP contribution in [0.2, 0.25) is 0 Å². The van der Waals surface area contributed by atoms with Gasteiger partial charge in [-0.05, 0) is 16.8 Å². The van der Waals surface area contributed by atoms with E-state index in [1.54, 1.807) is 6.92 Å². The molecule has 0 saturated heterocycles. The summed E-state index contributed by atoms with van der Waals surface area (Å²) in [6, 6.07) is 0. The third-order valence-electron chi connectivity index (χ3n) is 1.28. The minimum Gasteiger partial charge on any atom is -0.392 e. The summed E-state index contributed by atoms with van der Waals surface area (Å²) in [6.07, 6.45) is 2.08. The van der Waals surface area contributed by atoms with Crippen molar-refractivity contribution < 1.29 is 10.0 Å². The molecule has 0 fully saturated rings. The third kappa shape index (κ3) is 2.03. The standard InChI is InChI=1S/C6H9N3O3/c1-5(10)2-8-3-6(7-4-8)9(11)12/h3-5,10H,2H2,1H3/t5-/m1/s1. The van der Waals surface area contributed by atoms with Gasteiger partial charge in [0.2, 0.25) is 6.33 Å². The molecule has 0 saturated carbocycles. The summed E-state index contributed by atoms with van der Waals surface area (Å²) in [7, 11) is 0. The molecule has 1 heterocycles. The smallest absolute Gasteiger partial charge is 0.381 e. The number of rotatable bonds is 3. The van der Waals surface area contributed by atoms with Crippen LogP contribution in [0.1, 0.15) is 6.92 Å². The monoisotopic (exact) mass is 171 g/mol. The molecule has 1 aromatic rings. The molecule has 1 N–H and O–H groups in total. The lowest BCUT2D eigenvalue weighted by Gasteiger charge is -2.01. The topological polar surface area (TPSA) is 81.2 Å². The molecule has 6 nitrogen and oxygen atoms in total. The second kappa shape index (κ2) is 3.31. The first-order valence-corrected chi connectivity index (χ1v) is 3.44. The van der Waals surface area contributed by atoms with E-state index >= 15 is 0 Å². The number of aromatic nitrogens is 2. The van der Waals surface area contributed by atoms with E-state index in [9.17, 15) is 10.1 Å². The van der Waals surface area contributed by atoms with Crippen molar-refractivity contribution in [2.24, 2.45) is 0 Å². The van der Waals surface area contributed by atoms with Gasteiger partial charge in [0.15, 0.2) is 0 Å². The van der Waals surface area contributed by atoms with Crippen LogP contribution in [0.5, 0.6) is 0 Å². The van der Waals surface area contributed by atoms with Crippen molar-refractivity contribution in [1.29, 1.82) is 0 Å². The van der Waals surface area contributed by atoms with E-state index in [0.717, 1.165) is 0 Å². The molecule has 0 spiro atoms. The van der Waals surface area contributed by atoms with E-state index in [0.29, 0.717) is 6.54 Å². The van der Waals surface area contributed by atoms with E-state index in [1.165, 1.54) is 17.1 Å². The highest BCUT2D eigenvalue weighted by atomic mass is 16.6. The fourth-order valence-corrected chi connectivity index (χ4v) is 0.848. The van der Waals surface area contributed by atoms with Crippen LogP contribution in [0.4, 0.5) is 5.82 Å². The van der Waals surface area contributed by atoms with Gasteiger partial charge in [-0.3, -0.25) is 0 Å². The molecule has 0 aliphatic carbocycles. The van der Waals surface area contributed by atoms with Gasteiger partial charge in [0.1, 0.15) is 6.20 Å². The van der Waals surface area contributed by atoms with Crippen LogP contribution in [0.25, 0.3) is 0 Å². The van der Waals surface area contributed by atoms with Crippen LogP contribution in [0, 0.1) is 10.1 Å². The normalized spacial score (nSPS) is 12.8. The Labute approximate surface area is 68.6 Å². The van der Waals surface area contributed by atoms with E-state index in [-0.39, 0.29) is 5.82 Å². The molecule has 1 atom stereocenters. The summed E-state index contributed by atoms with van der Waals surface area (Å²) in [6.45, 7) is 1.92. The van der Waals surface area contributed by atoms with Crippen LogP contribution in [-0.2, 0) is 6.54 Å². The summed E-state index contributed by atoms with van der Waals surface area (Å²) < 4.78 is 1.48. The molecule has 0 unspecified atom stereocenters. The number of aliphatic hydroxyl groups excluding tert-OH is 1. The number of hydrogen-bond acceptors (Lipinski definition) is 4. The Morgan fingerprint density at radius 1 is 1.92 bits per heavy atom. The zero-order valence-electron chi connectivity index (χ0n) is 6.54. The van der Waals surface area contributed by atoms with Crippen LogP contribution >= 0.6 is 0 Å². The molecule has 0 aromatic carbocycles. The van der Waals surface area contributed by atoms with Gasteiger partial charge in [0, 0.05) is 0 Å². The number of nitrogens with zero attached hydrogens (tertiary/aromatic N) is 3. The van der Waals surface area contributed by atoms with Gasteiger partial charge >= 0.3 is 5.82 Å². The first-order valence-electron chi connectivity index (χ1n) is 3.44. The molecule has 0 radical (unpaired) electrons. The van der Waals surface area contributed by atoms with Gasteiger partial charge in [-0.1, -0.05) is 0 Å². The molecular formula is C6H9N3O3. The lowest BCUT2D eigenvalue weighted by Crippen LogP contribution is -2.09. The Hall–Kier alpha value is -1.43. The van der Waals surface area contributed by atoms with Gasteiger partial charge in [-0.2, -0.15) is 0 Å². The SMILES string of the molecule is C[C@@H](O)Cn1cnc([N+](=O)[O-])c1. The van der Waals surface area contributed by atoms with Crippen LogP contribution in [0.3, 0.4) is 0 Å². The largest absolute Gasteiger partial charge is 0.392 e. The molecule has 0 aliphatic heterocycles. The van der Waals surface area contributed by atoms with Crippen molar-refractivity contribution in [2.45, 2.75) is 19.6 Å². The van der Waals surface area contributed by atoms with Gasteiger partial charge in [0.25, 0.3) is 0 Å². The van der Waals surface area contributed by atoms with Crippen molar-refractivity contribution >= 4 is 5.82 Å². The molecule has 0 bridgehead atoms. The minimum absolute atomic E-state index is 0.198. The molecule has 12 heavy (non-hydrogen) atoms. The van der Waals surface area contributed by atoms with Crippen molar-refractivity contribution in [2.75, 3.05) is 0 Å². The van der Waals surface area contributed by atoms with Gasteiger partial charge < -0.3 is 19.8 Å². The minimum atomic E-state index is -0.571. The summed E-state index contributed by atoms with van der Waals surface area (Å²) in [4.78, 5) is 13.1. The molecule has 0 amide bonds. The summed E-state index contributed by atoms with van der Waals surface area (Å²) in [5.41, 5.74) is 0. The maximum absolute atomic E-state index is 10.2. The fraction of sp³-hybridized carbons (Fsp3) is 0.500. The van der Waals surface area contributed by atoms with E-state index in [4.69, 9.17) is 5.11 Å². The zero-order valence-corrected chi connectivity index (χ0v) is 6.54. The fourth-order valence-electron chi connectivity index (χ4n) is 0.848. The summed E-state index contributed by atoms with van der Waals surface area (Å²) in [5, 5.41) is 19.1. The molecule has 66 valence electrons. The van der Waals surface area contributed by atoms with Crippen molar-refractivity contribution in [1.82, 2.24) is 9.55 Å². The van der Waals surface area contributed by atoms with E-state index in [1.807, 2.05) is 0 Å². The van der Waals surface area contributed by atoms with Crippen LogP contribution < -0.4 is 0 Å². The van der Waals surface area contributed by atoms with Crippen molar-refractivity contribution in [3.05, 3.63) is 22.6 Å². The van der Waals surface area contributed by atoms with Crippen LogP contribution in [0.15, 0.2) is 12.5 Å². The molecule has 0 aliphatic rings. The third-order valence-corrected chi connectivity index (χ3v) is 1.28. The lowest BCUT2D eigenvalue weighted by atomic mass is 10.4. The predicted molar refractivity (Wildman–Crippen MR) is 40.6 cm³/mol. The number of nitro groups is 1. The van der Waals surface area contributed by atoms with Gasteiger partial charge in [-0.25, -0.2) is 0 Å². The Bertz CT molecular complexity index is 281. The first kappa shape index (κ1) is 8.66. The van der Waals surface area contributed by atoms with Crippen LogP contribution in [-0.4, -0.2) is 25.7 Å². The molecule has 6 heteroatoms. The van der Waals surface area contributed by atoms with E-state index in [2.05, 4.69) is 4.98 Å². The Balaban J connectivity index is 2.71. The predicted octanol–water partition coefficient (Wildman–Crippen LogP) is 0.172. The zero-order chi connectivity index (χ0) is 9.14.